The summed E-state index contributed by atoms with van der Waals surface area (Å²) in [6.45, 7) is 7.10. The first kappa shape index (κ1) is 27.4. The smallest absolute Gasteiger partial charge is 0.222 e. The minimum Gasteiger partial charge on any atom is -0.385 e. The van der Waals surface area contributed by atoms with Crippen molar-refractivity contribution >= 4 is 5.91 Å². The molecule has 192 valence electrons. The number of rotatable bonds is 12. The van der Waals surface area contributed by atoms with Crippen LogP contribution in [0.5, 0.6) is 0 Å². The number of unbranched alkanes of at least 4 members (excludes halogenated alkanes) is 1. The van der Waals surface area contributed by atoms with Crippen LogP contribution in [0.15, 0.2) is 48.5 Å². The zero-order valence-corrected chi connectivity index (χ0v) is 22.1. The molecular weight excluding hydrogens is 436 g/mol. The molecule has 0 unspecified atom stereocenters. The molecule has 1 aliphatic heterocycles. The number of aryl methyl sites for hydroxylation is 1. The Morgan fingerprint density at radius 3 is 2.66 bits per heavy atom. The Labute approximate surface area is 211 Å². The van der Waals surface area contributed by atoms with Crippen LogP contribution in [0.2, 0.25) is 0 Å². The summed E-state index contributed by atoms with van der Waals surface area (Å²) in [5.74, 6) is 0.489. The second-order valence-corrected chi connectivity index (χ2v) is 10.3. The number of carbonyl (C=O) groups is 1. The quantitative estimate of drug-likeness (QED) is 0.413. The minimum absolute atomic E-state index is 0.00560. The maximum absolute atomic E-state index is 13.1. The van der Waals surface area contributed by atoms with E-state index in [0.29, 0.717) is 31.9 Å². The molecule has 1 fully saturated rings. The van der Waals surface area contributed by atoms with Crippen molar-refractivity contribution in [2.75, 3.05) is 40.4 Å². The molecule has 0 bridgehead atoms. The minimum atomic E-state index is -1.01. The van der Waals surface area contributed by atoms with E-state index < -0.39 is 5.60 Å². The number of hydrogen-bond acceptors (Lipinski definition) is 4. The van der Waals surface area contributed by atoms with E-state index >= 15 is 0 Å². The van der Waals surface area contributed by atoms with Crippen molar-refractivity contribution in [3.05, 3.63) is 59.7 Å². The van der Waals surface area contributed by atoms with Gasteiger partial charge in [0.1, 0.15) is 0 Å². The molecule has 0 aromatic heterocycles. The van der Waals surface area contributed by atoms with Crippen molar-refractivity contribution < 1.29 is 14.6 Å². The van der Waals surface area contributed by atoms with Gasteiger partial charge in [-0.3, -0.25) is 4.79 Å². The molecule has 2 aromatic rings. The van der Waals surface area contributed by atoms with E-state index in [4.69, 9.17) is 4.74 Å². The summed E-state index contributed by atoms with van der Waals surface area (Å²) in [5, 5.41) is 15.6. The number of piperidine rings is 1. The predicted molar refractivity (Wildman–Crippen MR) is 143 cm³/mol. The molecule has 2 aromatic carbocycles. The van der Waals surface area contributed by atoms with Crippen molar-refractivity contribution in [1.29, 1.82) is 0 Å². The van der Waals surface area contributed by atoms with E-state index in [9.17, 15) is 9.90 Å². The summed E-state index contributed by atoms with van der Waals surface area (Å²) in [6.07, 6.45) is 4.81. The molecular formula is C30H44N2O3. The maximum atomic E-state index is 13.1. The third-order valence-corrected chi connectivity index (χ3v) is 7.44. The third kappa shape index (κ3) is 7.16. The molecule has 1 amide bonds. The van der Waals surface area contributed by atoms with Crippen molar-refractivity contribution in [2.45, 2.75) is 58.0 Å². The first-order valence-corrected chi connectivity index (χ1v) is 13.2. The Morgan fingerprint density at radius 2 is 1.94 bits per heavy atom. The summed E-state index contributed by atoms with van der Waals surface area (Å²) in [4.78, 5) is 15.1. The molecule has 1 saturated heterocycles. The maximum Gasteiger partial charge on any atom is 0.222 e. The predicted octanol–water partition coefficient (Wildman–Crippen LogP) is 5.15. The molecule has 5 heteroatoms. The molecule has 0 radical (unpaired) electrons. The molecule has 1 heterocycles. The molecule has 3 atom stereocenters. The number of likely N-dealkylation sites (tertiary alicyclic amines) is 1. The van der Waals surface area contributed by atoms with Crippen LogP contribution in [0.25, 0.3) is 11.1 Å². The van der Waals surface area contributed by atoms with E-state index in [-0.39, 0.29) is 11.8 Å². The molecule has 35 heavy (non-hydrogen) atoms. The second kappa shape index (κ2) is 13.2. The molecule has 0 spiro atoms. The van der Waals surface area contributed by atoms with Crippen molar-refractivity contribution in [3.8, 4) is 11.1 Å². The zero-order valence-electron chi connectivity index (χ0n) is 22.1. The van der Waals surface area contributed by atoms with Gasteiger partial charge in [0.15, 0.2) is 0 Å². The van der Waals surface area contributed by atoms with Gasteiger partial charge >= 0.3 is 0 Å². The van der Waals surface area contributed by atoms with Gasteiger partial charge in [0.05, 0.1) is 5.60 Å². The average Bonchev–Trinajstić information content (AvgIpc) is 2.87. The lowest BCUT2D eigenvalue weighted by molar-refractivity contribution is -0.137. The lowest BCUT2D eigenvalue weighted by Gasteiger charge is -2.44. The summed E-state index contributed by atoms with van der Waals surface area (Å²) < 4.78 is 5.28. The third-order valence-electron chi connectivity index (χ3n) is 7.44. The van der Waals surface area contributed by atoms with Crippen LogP contribution in [0, 0.1) is 18.8 Å². The van der Waals surface area contributed by atoms with Gasteiger partial charge in [-0.25, -0.2) is 0 Å². The highest BCUT2D eigenvalue weighted by molar-refractivity contribution is 5.76. The van der Waals surface area contributed by atoms with Crippen LogP contribution >= 0.6 is 0 Å². The number of hydrogen-bond donors (Lipinski definition) is 2. The van der Waals surface area contributed by atoms with Crippen LogP contribution in [0.4, 0.5) is 0 Å². The van der Waals surface area contributed by atoms with E-state index in [1.165, 1.54) is 5.56 Å². The fourth-order valence-corrected chi connectivity index (χ4v) is 5.49. The number of nitrogens with zero attached hydrogens (tertiary/aromatic N) is 1. The fourth-order valence-electron chi connectivity index (χ4n) is 5.49. The van der Waals surface area contributed by atoms with Gasteiger partial charge in [-0.1, -0.05) is 61.0 Å². The average molecular weight is 481 g/mol. The van der Waals surface area contributed by atoms with Crippen LogP contribution in [0.3, 0.4) is 0 Å². The Hall–Kier alpha value is -2.21. The summed E-state index contributed by atoms with van der Waals surface area (Å²) >= 11 is 0. The van der Waals surface area contributed by atoms with E-state index in [2.05, 4.69) is 55.6 Å². The summed E-state index contributed by atoms with van der Waals surface area (Å²) in [5.41, 5.74) is 3.38. The summed E-state index contributed by atoms with van der Waals surface area (Å²) in [6, 6.07) is 16.8. The van der Waals surface area contributed by atoms with E-state index in [1.807, 2.05) is 24.1 Å². The topological polar surface area (TPSA) is 61.8 Å². The fraction of sp³-hybridized carbons (Fsp3) is 0.567. The molecule has 0 saturated carbocycles. The van der Waals surface area contributed by atoms with Gasteiger partial charge in [0.25, 0.3) is 0 Å². The largest absolute Gasteiger partial charge is 0.385 e. The molecule has 1 aliphatic rings. The monoisotopic (exact) mass is 480 g/mol. The number of benzene rings is 2. The highest BCUT2D eigenvalue weighted by Gasteiger charge is 2.42. The highest BCUT2D eigenvalue weighted by atomic mass is 16.5. The van der Waals surface area contributed by atoms with Crippen molar-refractivity contribution in [2.24, 2.45) is 11.8 Å². The van der Waals surface area contributed by atoms with Crippen molar-refractivity contribution in [3.63, 3.8) is 0 Å². The van der Waals surface area contributed by atoms with Crippen LogP contribution in [0.1, 0.15) is 56.6 Å². The van der Waals surface area contributed by atoms with Crippen LogP contribution in [-0.4, -0.2) is 56.3 Å². The number of ether oxygens (including phenoxy) is 1. The second-order valence-electron chi connectivity index (χ2n) is 10.3. The highest BCUT2D eigenvalue weighted by Crippen LogP contribution is 2.43. The Kier molecular flexibility index (Phi) is 10.3. The van der Waals surface area contributed by atoms with Crippen LogP contribution in [-0.2, 0) is 15.1 Å². The normalized spacial score (nSPS) is 18.8. The number of nitrogens with one attached hydrogen (secondary N) is 1. The SMILES string of the molecule is CNC[C@H](C)CC(=O)N1CCC[C@@H]([C@@](O)(CCCCOC)c2ccccc2-c2ccc(C)cc2)C1. The van der Waals surface area contributed by atoms with Crippen LogP contribution < -0.4 is 5.32 Å². The number of amides is 1. The van der Waals surface area contributed by atoms with Crippen molar-refractivity contribution in [1.82, 2.24) is 10.2 Å². The van der Waals surface area contributed by atoms with Gasteiger partial charge in [0.2, 0.25) is 5.91 Å². The Morgan fingerprint density at radius 1 is 1.20 bits per heavy atom. The lowest BCUT2D eigenvalue weighted by atomic mass is 9.72. The standard InChI is InChI=1S/C30H44N2O3/c1-23-13-15-25(16-14-23)27-11-5-6-12-28(27)30(34,17-7-8-19-35-4)26-10-9-18-32(22-26)29(33)20-24(2)21-31-3/h5-6,11-16,24,26,31,34H,7-10,17-22H2,1-4H3/t24-,26-,30+/m1/s1. The van der Waals surface area contributed by atoms with E-state index in [0.717, 1.165) is 55.5 Å². The molecule has 0 aliphatic carbocycles. The number of methoxy groups -OCH3 is 1. The summed E-state index contributed by atoms with van der Waals surface area (Å²) in [7, 11) is 3.64. The molecule has 3 rings (SSSR count). The first-order valence-electron chi connectivity index (χ1n) is 13.2. The molecule has 2 N–H and O–H groups in total. The molecule has 5 nitrogen and oxygen atoms in total. The Bertz CT molecular complexity index is 929. The van der Waals surface area contributed by atoms with Gasteiger partial charge in [0, 0.05) is 39.1 Å². The van der Waals surface area contributed by atoms with E-state index in [1.54, 1.807) is 7.11 Å². The van der Waals surface area contributed by atoms with Gasteiger partial charge in [-0.2, -0.15) is 0 Å². The zero-order chi connectivity index (χ0) is 25.3. The van der Waals surface area contributed by atoms with Gasteiger partial charge in [-0.05, 0) is 75.2 Å². The number of carbonyl (C=O) groups excluding carboxylic acids is 1. The van der Waals surface area contributed by atoms with Gasteiger partial charge < -0.3 is 20.1 Å². The van der Waals surface area contributed by atoms with Gasteiger partial charge in [-0.15, -0.1) is 0 Å². The number of aliphatic hydroxyl groups is 1. The Balaban J connectivity index is 1.91. The first-order chi connectivity index (χ1) is 16.9. The lowest BCUT2D eigenvalue weighted by Crippen LogP contribution is -2.48.